The minimum atomic E-state index is -2.76. The third kappa shape index (κ3) is 15.6. The van der Waals surface area contributed by atoms with Crippen molar-refractivity contribution in [1.82, 2.24) is 0 Å². The van der Waals surface area contributed by atoms with Gasteiger partial charge in [-0.15, -0.1) is 0 Å². The fourth-order valence-electron chi connectivity index (χ4n) is 5.44. The van der Waals surface area contributed by atoms with E-state index in [-0.39, 0.29) is 0 Å². The molecule has 0 aromatic heterocycles. The zero-order valence-corrected chi connectivity index (χ0v) is 34.2. The molecule has 0 radical (unpaired) electrons. The van der Waals surface area contributed by atoms with Gasteiger partial charge in [-0.05, 0) is 49.9 Å². The summed E-state index contributed by atoms with van der Waals surface area (Å²) >= 11 is 0. The predicted octanol–water partition coefficient (Wildman–Crippen LogP) is 9.18. The Kier molecular flexibility index (Phi) is 23.9. The minimum absolute atomic E-state index is 0.657. The predicted molar refractivity (Wildman–Crippen MR) is 191 cm³/mol. The molecule has 1 aliphatic rings. The van der Waals surface area contributed by atoms with Gasteiger partial charge in [0.25, 0.3) is 0 Å². The van der Waals surface area contributed by atoms with E-state index in [4.69, 9.17) is 35.4 Å². The number of hydrogen-bond donors (Lipinski definition) is 0. The Labute approximate surface area is 276 Å². The van der Waals surface area contributed by atoms with Gasteiger partial charge in [0.15, 0.2) is 0 Å². The Hall–Kier alpha value is 0.548. The van der Waals surface area contributed by atoms with Crippen LogP contribution in [0.2, 0.25) is 48.4 Å². The average molecular weight is 697 g/mol. The number of ether oxygens (including phenoxy) is 4. The number of rotatable bonds is 28. The van der Waals surface area contributed by atoms with Crippen molar-refractivity contribution in [1.29, 1.82) is 0 Å². The van der Waals surface area contributed by atoms with Crippen LogP contribution in [0.25, 0.3) is 0 Å². The molecule has 44 heavy (non-hydrogen) atoms. The normalized spacial score (nSPS) is 27.8. The first kappa shape index (κ1) is 42.6. The molecule has 0 atom stereocenters. The summed E-state index contributed by atoms with van der Waals surface area (Å²) in [5.74, 6) is 0. The van der Waals surface area contributed by atoms with E-state index in [0.717, 1.165) is 126 Å². The minimum Gasteiger partial charge on any atom is -0.415 e. The topological polar surface area (TPSA) is 73.8 Å². The standard InChI is InChI=1S/C32H72O8Si4/c1-9-17-21-33-25-29-41(13-5)37-42(14-6,30-26-34-22-18-10-2)39-44(16-8,32-28-36-24-20-12-4)40-43(15-7,38-41)31-27-35-23-19-11-3/h9-32H2,1-8H3. The molecule has 0 spiro atoms. The average Bonchev–Trinajstić information content (AvgIpc) is 3.03. The molecular weight excluding hydrogens is 625 g/mol. The molecule has 1 rings (SSSR count). The Bertz CT molecular complexity index is 571. The van der Waals surface area contributed by atoms with Gasteiger partial charge < -0.3 is 35.4 Å². The highest BCUT2D eigenvalue weighted by molar-refractivity contribution is 6.95. The zero-order valence-electron chi connectivity index (χ0n) is 30.2. The first-order chi connectivity index (χ1) is 21.3. The van der Waals surface area contributed by atoms with E-state index in [9.17, 15) is 0 Å². The fraction of sp³-hybridized carbons (Fsp3) is 1.00. The summed E-state index contributed by atoms with van der Waals surface area (Å²) in [6.45, 7) is 23.5. The molecule has 0 saturated carbocycles. The van der Waals surface area contributed by atoms with Gasteiger partial charge in [0.05, 0.1) is 0 Å². The Balaban J connectivity index is 3.50. The molecule has 0 bridgehead atoms. The second-order valence-corrected chi connectivity index (χ2v) is 27.7. The van der Waals surface area contributed by atoms with E-state index in [0.29, 0.717) is 26.4 Å². The second-order valence-electron chi connectivity index (χ2n) is 12.3. The van der Waals surface area contributed by atoms with Gasteiger partial charge in [-0.25, -0.2) is 0 Å². The summed E-state index contributed by atoms with van der Waals surface area (Å²) < 4.78 is 54.8. The van der Waals surface area contributed by atoms with E-state index >= 15 is 0 Å². The molecule has 12 heteroatoms. The van der Waals surface area contributed by atoms with E-state index in [1.54, 1.807) is 0 Å². The summed E-state index contributed by atoms with van der Waals surface area (Å²) in [5, 5.41) is 0. The molecule has 0 amide bonds. The lowest BCUT2D eigenvalue weighted by Gasteiger charge is -2.53. The fourth-order valence-corrected chi connectivity index (χ4v) is 29.6. The summed E-state index contributed by atoms with van der Waals surface area (Å²) in [6, 6.07) is 6.64. The summed E-state index contributed by atoms with van der Waals surface area (Å²) in [5.41, 5.74) is 0. The van der Waals surface area contributed by atoms with Crippen LogP contribution in [-0.4, -0.2) is 87.1 Å². The van der Waals surface area contributed by atoms with Crippen LogP contribution >= 0.6 is 0 Å². The van der Waals surface area contributed by atoms with Crippen LogP contribution in [-0.2, 0) is 35.4 Å². The molecule has 8 nitrogen and oxygen atoms in total. The van der Waals surface area contributed by atoms with Crippen molar-refractivity contribution in [2.75, 3.05) is 52.9 Å². The van der Waals surface area contributed by atoms with Gasteiger partial charge in [-0.3, -0.25) is 0 Å². The van der Waals surface area contributed by atoms with Crippen molar-refractivity contribution in [2.45, 2.75) is 155 Å². The highest BCUT2D eigenvalue weighted by Crippen LogP contribution is 2.42. The Morgan fingerprint density at radius 2 is 0.523 bits per heavy atom. The van der Waals surface area contributed by atoms with Crippen molar-refractivity contribution in [2.24, 2.45) is 0 Å². The molecule has 1 saturated heterocycles. The number of unbranched alkanes of at least 4 members (excludes halogenated alkanes) is 4. The first-order valence-corrected chi connectivity index (χ1v) is 27.4. The lowest BCUT2D eigenvalue weighted by atomic mass is 10.4. The molecule has 1 aliphatic heterocycles. The van der Waals surface area contributed by atoms with E-state index in [1.807, 2.05) is 0 Å². The van der Waals surface area contributed by atoms with Crippen LogP contribution in [0.5, 0.6) is 0 Å². The quantitative estimate of drug-likeness (QED) is 0.0592. The molecule has 0 aromatic rings. The highest BCUT2D eigenvalue weighted by Gasteiger charge is 2.60. The first-order valence-electron chi connectivity index (χ1n) is 18.4. The summed E-state index contributed by atoms with van der Waals surface area (Å²) in [6.07, 6.45) is 8.82. The summed E-state index contributed by atoms with van der Waals surface area (Å²) in [4.78, 5) is 0. The van der Waals surface area contributed by atoms with Gasteiger partial charge in [-0.2, -0.15) is 0 Å². The summed E-state index contributed by atoms with van der Waals surface area (Å²) in [7, 11) is -11.0. The van der Waals surface area contributed by atoms with E-state index in [2.05, 4.69) is 55.4 Å². The number of hydrogen-bond acceptors (Lipinski definition) is 8. The molecular formula is C32H72O8Si4. The zero-order chi connectivity index (χ0) is 32.6. The van der Waals surface area contributed by atoms with Crippen molar-refractivity contribution in [3.05, 3.63) is 0 Å². The van der Waals surface area contributed by atoms with E-state index < -0.39 is 34.2 Å². The van der Waals surface area contributed by atoms with Gasteiger partial charge in [0.1, 0.15) is 0 Å². The molecule has 0 unspecified atom stereocenters. The largest absolute Gasteiger partial charge is 0.415 e. The maximum Gasteiger partial charge on any atom is 0.322 e. The lowest BCUT2D eigenvalue weighted by Crippen LogP contribution is -2.70. The molecule has 1 fully saturated rings. The van der Waals surface area contributed by atoms with Crippen LogP contribution in [0.3, 0.4) is 0 Å². The van der Waals surface area contributed by atoms with Crippen LogP contribution < -0.4 is 0 Å². The maximum absolute atomic E-state index is 7.56. The van der Waals surface area contributed by atoms with Gasteiger partial charge >= 0.3 is 34.2 Å². The third-order valence-electron chi connectivity index (χ3n) is 8.72. The maximum atomic E-state index is 7.56. The van der Waals surface area contributed by atoms with E-state index in [1.165, 1.54) is 0 Å². The second kappa shape index (κ2) is 24.7. The van der Waals surface area contributed by atoms with Crippen molar-refractivity contribution >= 4 is 34.2 Å². The smallest absolute Gasteiger partial charge is 0.322 e. The van der Waals surface area contributed by atoms with Crippen LogP contribution in [0, 0.1) is 0 Å². The lowest BCUT2D eigenvalue weighted by molar-refractivity contribution is 0.118. The van der Waals surface area contributed by atoms with Crippen molar-refractivity contribution < 1.29 is 35.4 Å². The van der Waals surface area contributed by atoms with Crippen LogP contribution in [0.4, 0.5) is 0 Å². The highest BCUT2D eigenvalue weighted by atomic mass is 28.5. The molecule has 1 heterocycles. The van der Waals surface area contributed by atoms with Crippen molar-refractivity contribution in [3.63, 3.8) is 0 Å². The third-order valence-corrected chi connectivity index (χ3v) is 28.8. The van der Waals surface area contributed by atoms with Gasteiger partial charge in [0.2, 0.25) is 0 Å². The monoisotopic (exact) mass is 696 g/mol. The van der Waals surface area contributed by atoms with Crippen LogP contribution in [0.1, 0.15) is 107 Å². The SMILES string of the molecule is CCCCOCC[Si]1(CC)O[Si](CC)(CCOCCCC)O[Si](CC)(CCOCCCC)O[Si](CC)(CCOCCCC)O1. The van der Waals surface area contributed by atoms with Crippen LogP contribution in [0.15, 0.2) is 0 Å². The molecule has 264 valence electrons. The Morgan fingerprint density at radius 1 is 0.318 bits per heavy atom. The molecule has 0 aromatic carbocycles. The molecule has 0 N–H and O–H groups in total. The van der Waals surface area contributed by atoms with Gasteiger partial charge in [0, 0.05) is 77.0 Å². The Morgan fingerprint density at radius 3 is 0.682 bits per heavy atom. The van der Waals surface area contributed by atoms with Crippen molar-refractivity contribution in [3.8, 4) is 0 Å². The van der Waals surface area contributed by atoms with Gasteiger partial charge in [-0.1, -0.05) is 81.1 Å². The molecule has 0 aliphatic carbocycles.